The molecule has 2 aromatic rings. The Hall–Kier alpha value is -1.76. The highest BCUT2D eigenvalue weighted by Crippen LogP contribution is 2.49. The van der Waals surface area contributed by atoms with Gasteiger partial charge < -0.3 is 5.32 Å². The number of rotatable bonds is 3. The summed E-state index contributed by atoms with van der Waals surface area (Å²) in [5.41, 5.74) is -0.297. The number of amides is 1. The van der Waals surface area contributed by atoms with Crippen LogP contribution in [0.15, 0.2) is 12.3 Å². The molecule has 2 saturated carbocycles. The minimum atomic E-state index is -4.56. The minimum absolute atomic E-state index is 0.0287. The molecule has 2 bridgehead atoms. The Kier molecular flexibility index (Phi) is 4.41. The van der Waals surface area contributed by atoms with Gasteiger partial charge in [-0.15, -0.1) is 0 Å². The summed E-state index contributed by atoms with van der Waals surface area (Å²) >= 11 is 6.00. The Morgan fingerprint density at radius 1 is 1.37 bits per heavy atom. The van der Waals surface area contributed by atoms with Crippen LogP contribution in [0, 0.1) is 24.7 Å². The van der Waals surface area contributed by atoms with Gasteiger partial charge in [0.2, 0.25) is 0 Å². The number of carbonyl (C=O) groups is 1. The molecule has 2 aliphatic carbocycles. The number of imidazole rings is 1. The standard InChI is InChI=1S/C19H21ClF3N3O/c1-9(14-6-11-3-4-12(14)5-11)25-18(27)16-10(2)24-17-15(20)7-13(8-26(16)17)19(21,22)23/h7-9,11-12,14H,3-6H2,1-2H3,(H,25,27). The van der Waals surface area contributed by atoms with Gasteiger partial charge in [0.1, 0.15) is 5.69 Å². The first kappa shape index (κ1) is 18.6. The lowest BCUT2D eigenvalue weighted by Gasteiger charge is -2.28. The van der Waals surface area contributed by atoms with Crippen LogP contribution in [0.2, 0.25) is 5.02 Å². The molecule has 4 rings (SSSR count). The maximum Gasteiger partial charge on any atom is 0.417 e. The van der Waals surface area contributed by atoms with Crippen molar-refractivity contribution in [3.63, 3.8) is 0 Å². The van der Waals surface area contributed by atoms with Crippen molar-refractivity contribution in [2.75, 3.05) is 0 Å². The van der Waals surface area contributed by atoms with Crippen molar-refractivity contribution in [1.82, 2.24) is 14.7 Å². The van der Waals surface area contributed by atoms with Crippen LogP contribution in [0.1, 0.15) is 54.4 Å². The van der Waals surface area contributed by atoms with Crippen LogP contribution in [0.4, 0.5) is 13.2 Å². The molecule has 4 unspecified atom stereocenters. The van der Waals surface area contributed by atoms with Crippen molar-refractivity contribution < 1.29 is 18.0 Å². The Labute approximate surface area is 160 Å². The Bertz CT molecular complexity index is 908. The Balaban J connectivity index is 1.65. The summed E-state index contributed by atoms with van der Waals surface area (Å²) in [4.78, 5) is 17.1. The van der Waals surface area contributed by atoms with Gasteiger partial charge in [-0.25, -0.2) is 4.98 Å². The first-order chi connectivity index (χ1) is 12.6. The third-order valence-corrected chi connectivity index (χ3v) is 6.46. The first-order valence-corrected chi connectivity index (χ1v) is 9.59. The molecule has 27 heavy (non-hydrogen) atoms. The van der Waals surface area contributed by atoms with Crippen molar-refractivity contribution >= 4 is 23.2 Å². The maximum absolute atomic E-state index is 13.1. The van der Waals surface area contributed by atoms with E-state index in [0.29, 0.717) is 17.5 Å². The summed E-state index contributed by atoms with van der Waals surface area (Å²) in [5, 5.41) is 2.86. The average Bonchev–Trinajstić information content (AvgIpc) is 3.27. The largest absolute Gasteiger partial charge is 0.417 e. The third-order valence-electron chi connectivity index (χ3n) is 6.19. The molecule has 2 heterocycles. The van der Waals surface area contributed by atoms with Gasteiger partial charge in [0.05, 0.1) is 16.3 Å². The molecule has 146 valence electrons. The van der Waals surface area contributed by atoms with Gasteiger partial charge in [-0.2, -0.15) is 13.2 Å². The zero-order valence-corrected chi connectivity index (χ0v) is 15.9. The fourth-order valence-electron chi connectivity index (χ4n) is 4.93. The molecule has 2 aliphatic rings. The van der Waals surface area contributed by atoms with Gasteiger partial charge >= 0.3 is 6.18 Å². The van der Waals surface area contributed by atoms with E-state index in [0.717, 1.165) is 29.0 Å². The molecule has 1 amide bonds. The number of hydrogen-bond acceptors (Lipinski definition) is 2. The number of carbonyl (C=O) groups excluding carboxylic acids is 1. The number of fused-ring (bicyclic) bond motifs is 3. The fourth-order valence-corrected chi connectivity index (χ4v) is 5.19. The zero-order valence-electron chi connectivity index (χ0n) is 15.1. The molecular weight excluding hydrogens is 379 g/mol. The van der Waals surface area contributed by atoms with Crippen LogP contribution in [-0.2, 0) is 6.18 Å². The quantitative estimate of drug-likeness (QED) is 0.800. The van der Waals surface area contributed by atoms with Gasteiger partial charge in [-0.1, -0.05) is 18.0 Å². The SMILES string of the molecule is Cc1nc2c(Cl)cc(C(F)(F)F)cn2c1C(=O)NC(C)C1CC2CCC1C2. The molecule has 4 atom stereocenters. The number of halogens is 4. The van der Waals surface area contributed by atoms with Crippen molar-refractivity contribution in [1.29, 1.82) is 0 Å². The number of hydrogen-bond donors (Lipinski definition) is 1. The van der Waals surface area contributed by atoms with Gasteiger partial charge in [0, 0.05) is 12.2 Å². The lowest BCUT2D eigenvalue weighted by Crippen LogP contribution is -2.40. The van der Waals surface area contributed by atoms with E-state index in [4.69, 9.17) is 11.6 Å². The van der Waals surface area contributed by atoms with Crippen LogP contribution < -0.4 is 5.32 Å². The zero-order chi connectivity index (χ0) is 19.5. The second-order valence-electron chi connectivity index (χ2n) is 7.91. The van der Waals surface area contributed by atoms with E-state index in [1.54, 1.807) is 6.92 Å². The van der Waals surface area contributed by atoms with Gasteiger partial charge in [0.15, 0.2) is 5.65 Å². The van der Waals surface area contributed by atoms with Crippen molar-refractivity contribution in [3.05, 3.63) is 34.2 Å². The van der Waals surface area contributed by atoms with Crippen molar-refractivity contribution in [2.24, 2.45) is 17.8 Å². The van der Waals surface area contributed by atoms with E-state index in [9.17, 15) is 18.0 Å². The number of nitrogens with zero attached hydrogens (tertiary/aromatic N) is 2. The summed E-state index contributed by atoms with van der Waals surface area (Å²) in [7, 11) is 0. The second kappa shape index (κ2) is 6.40. The van der Waals surface area contributed by atoms with E-state index in [1.807, 2.05) is 6.92 Å². The number of nitrogens with one attached hydrogen (secondary N) is 1. The monoisotopic (exact) mass is 399 g/mol. The highest BCUT2D eigenvalue weighted by molar-refractivity contribution is 6.33. The molecule has 0 radical (unpaired) electrons. The van der Waals surface area contributed by atoms with E-state index in [1.165, 1.54) is 19.3 Å². The first-order valence-electron chi connectivity index (χ1n) is 9.21. The molecule has 2 aromatic heterocycles. The van der Waals surface area contributed by atoms with Crippen LogP contribution in [0.3, 0.4) is 0 Å². The van der Waals surface area contributed by atoms with Crippen LogP contribution >= 0.6 is 11.6 Å². The Morgan fingerprint density at radius 3 is 2.70 bits per heavy atom. The highest BCUT2D eigenvalue weighted by atomic mass is 35.5. The average molecular weight is 400 g/mol. The second-order valence-corrected chi connectivity index (χ2v) is 8.32. The summed E-state index contributed by atoms with van der Waals surface area (Å²) in [6, 6.07) is 0.808. The topological polar surface area (TPSA) is 46.4 Å². The third kappa shape index (κ3) is 3.20. The number of alkyl halides is 3. The summed E-state index contributed by atoms with van der Waals surface area (Å²) in [6.45, 7) is 3.59. The molecule has 1 N–H and O–H groups in total. The molecular formula is C19H21ClF3N3O. The summed E-state index contributed by atoms with van der Waals surface area (Å²) in [6.07, 6.45) is 1.15. The van der Waals surface area contributed by atoms with E-state index < -0.39 is 17.6 Å². The molecule has 0 aromatic carbocycles. The predicted octanol–water partition coefficient (Wildman–Crippen LogP) is 4.87. The number of aryl methyl sites for hydroxylation is 1. The molecule has 0 saturated heterocycles. The van der Waals surface area contributed by atoms with E-state index >= 15 is 0 Å². The van der Waals surface area contributed by atoms with Crippen LogP contribution in [0.5, 0.6) is 0 Å². The smallest absolute Gasteiger partial charge is 0.348 e. The fraction of sp³-hybridized carbons (Fsp3) is 0.579. The molecule has 4 nitrogen and oxygen atoms in total. The molecule has 0 aliphatic heterocycles. The van der Waals surface area contributed by atoms with Gasteiger partial charge in [0.25, 0.3) is 5.91 Å². The van der Waals surface area contributed by atoms with E-state index in [-0.39, 0.29) is 22.4 Å². The van der Waals surface area contributed by atoms with Crippen molar-refractivity contribution in [3.8, 4) is 0 Å². The van der Waals surface area contributed by atoms with Crippen LogP contribution in [-0.4, -0.2) is 21.3 Å². The molecule has 0 spiro atoms. The number of aromatic nitrogens is 2. The maximum atomic E-state index is 13.1. The normalized spacial score (nSPS) is 25.9. The van der Waals surface area contributed by atoms with Gasteiger partial charge in [-0.05, 0) is 56.9 Å². The Morgan fingerprint density at radius 2 is 2.11 bits per heavy atom. The lowest BCUT2D eigenvalue weighted by molar-refractivity contribution is -0.137. The number of pyridine rings is 1. The van der Waals surface area contributed by atoms with E-state index in [2.05, 4.69) is 10.3 Å². The summed E-state index contributed by atoms with van der Waals surface area (Å²) < 4.78 is 40.6. The lowest BCUT2D eigenvalue weighted by atomic mass is 9.84. The van der Waals surface area contributed by atoms with Gasteiger partial charge in [-0.3, -0.25) is 9.20 Å². The molecule has 2 fully saturated rings. The van der Waals surface area contributed by atoms with Crippen molar-refractivity contribution in [2.45, 2.75) is 51.7 Å². The summed E-state index contributed by atoms with van der Waals surface area (Å²) in [5.74, 6) is 1.41. The highest BCUT2D eigenvalue weighted by Gasteiger charge is 2.42. The molecule has 8 heteroatoms. The predicted molar refractivity (Wildman–Crippen MR) is 95.8 cm³/mol. The van der Waals surface area contributed by atoms with Crippen LogP contribution in [0.25, 0.3) is 5.65 Å². The minimum Gasteiger partial charge on any atom is -0.348 e.